The summed E-state index contributed by atoms with van der Waals surface area (Å²) in [6.45, 7) is 4.34. The van der Waals surface area contributed by atoms with Crippen molar-refractivity contribution in [2.75, 3.05) is 11.1 Å². The van der Waals surface area contributed by atoms with Crippen molar-refractivity contribution in [3.63, 3.8) is 0 Å². The highest BCUT2D eigenvalue weighted by Gasteiger charge is 2.36. The monoisotopic (exact) mass is 420 g/mol. The maximum absolute atomic E-state index is 12.6. The molecule has 2 aliphatic rings. The van der Waals surface area contributed by atoms with Gasteiger partial charge in [0, 0.05) is 33.2 Å². The molecule has 1 aliphatic heterocycles. The van der Waals surface area contributed by atoms with Crippen molar-refractivity contribution in [2.45, 2.75) is 32.7 Å². The van der Waals surface area contributed by atoms with Crippen LogP contribution in [0.2, 0.25) is 0 Å². The SMILES string of the molecule is CC1(C)CC2=NC(C(=O)O)CSC2=C(Nc2ccc(C(=O)c3ccccc3)cc2)C1. The molecule has 0 spiro atoms. The van der Waals surface area contributed by atoms with Crippen molar-refractivity contribution in [1.29, 1.82) is 0 Å². The van der Waals surface area contributed by atoms with E-state index in [2.05, 4.69) is 24.2 Å². The normalized spacial score (nSPS) is 20.2. The van der Waals surface area contributed by atoms with Gasteiger partial charge in [-0.25, -0.2) is 4.79 Å². The Labute approximate surface area is 180 Å². The molecule has 0 amide bonds. The first-order chi connectivity index (χ1) is 14.3. The molecule has 0 fully saturated rings. The van der Waals surface area contributed by atoms with Crippen LogP contribution in [-0.4, -0.2) is 34.4 Å². The number of fused-ring (bicyclic) bond motifs is 1. The van der Waals surface area contributed by atoms with Crippen LogP contribution >= 0.6 is 11.8 Å². The number of anilines is 1. The molecular weight excluding hydrogens is 396 g/mol. The Bertz CT molecular complexity index is 1040. The molecule has 30 heavy (non-hydrogen) atoms. The van der Waals surface area contributed by atoms with Crippen molar-refractivity contribution in [3.05, 3.63) is 76.3 Å². The van der Waals surface area contributed by atoms with Gasteiger partial charge in [-0.3, -0.25) is 9.79 Å². The van der Waals surface area contributed by atoms with Crippen LogP contribution in [-0.2, 0) is 4.79 Å². The predicted molar refractivity (Wildman–Crippen MR) is 121 cm³/mol. The van der Waals surface area contributed by atoms with Gasteiger partial charge in [-0.15, -0.1) is 11.8 Å². The van der Waals surface area contributed by atoms with Crippen LogP contribution in [0.4, 0.5) is 5.69 Å². The van der Waals surface area contributed by atoms with E-state index >= 15 is 0 Å². The number of carbonyl (C=O) groups is 2. The summed E-state index contributed by atoms with van der Waals surface area (Å²) in [6.07, 6.45) is 1.63. The van der Waals surface area contributed by atoms with E-state index in [1.165, 1.54) is 0 Å². The fraction of sp³-hybridized carbons (Fsp3) is 0.292. The summed E-state index contributed by atoms with van der Waals surface area (Å²) in [6, 6.07) is 16.1. The second kappa shape index (κ2) is 8.11. The third-order valence-electron chi connectivity index (χ3n) is 5.30. The zero-order valence-electron chi connectivity index (χ0n) is 17.0. The Morgan fingerprint density at radius 2 is 1.70 bits per heavy atom. The number of aliphatic carboxylic acids is 1. The highest BCUT2D eigenvalue weighted by molar-refractivity contribution is 8.04. The lowest BCUT2D eigenvalue weighted by molar-refractivity contribution is -0.137. The van der Waals surface area contributed by atoms with Crippen molar-refractivity contribution >= 4 is 34.9 Å². The topological polar surface area (TPSA) is 78.8 Å². The number of carboxylic acids is 1. The van der Waals surface area contributed by atoms with Gasteiger partial charge < -0.3 is 10.4 Å². The molecule has 1 aliphatic carbocycles. The molecule has 0 saturated heterocycles. The molecule has 2 aromatic carbocycles. The molecule has 0 radical (unpaired) electrons. The van der Waals surface area contributed by atoms with E-state index in [4.69, 9.17) is 0 Å². The van der Waals surface area contributed by atoms with Crippen LogP contribution in [0.1, 0.15) is 42.6 Å². The van der Waals surface area contributed by atoms with Gasteiger partial charge in [0.15, 0.2) is 11.8 Å². The summed E-state index contributed by atoms with van der Waals surface area (Å²) in [7, 11) is 0. The summed E-state index contributed by atoms with van der Waals surface area (Å²) >= 11 is 1.57. The van der Waals surface area contributed by atoms with Gasteiger partial charge in [0.05, 0.1) is 5.71 Å². The summed E-state index contributed by atoms with van der Waals surface area (Å²) < 4.78 is 0. The second-order valence-electron chi connectivity index (χ2n) is 8.46. The van der Waals surface area contributed by atoms with Crippen molar-refractivity contribution < 1.29 is 14.7 Å². The van der Waals surface area contributed by atoms with E-state index in [-0.39, 0.29) is 11.2 Å². The number of carbonyl (C=O) groups excluding carboxylic acids is 1. The van der Waals surface area contributed by atoms with Crippen LogP contribution in [0.25, 0.3) is 0 Å². The van der Waals surface area contributed by atoms with Crippen molar-refractivity contribution in [3.8, 4) is 0 Å². The number of thioether (sulfide) groups is 1. The van der Waals surface area contributed by atoms with E-state index in [9.17, 15) is 14.7 Å². The van der Waals surface area contributed by atoms with Crippen molar-refractivity contribution in [1.82, 2.24) is 0 Å². The van der Waals surface area contributed by atoms with Crippen LogP contribution in [0, 0.1) is 5.41 Å². The second-order valence-corrected chi connectivity index (χ2v) is 9.49. The quantitative estimate of drug-likeness (QED) is 0.666. The van der Waals surface area contributed by atoms with E-state index in [1.54, 1.807) is 11.8 Å². The van der Waals surface area contributed by atoms with Gasteiger partial charge in [0.1, 0.15) is 0 Å². The average Bonchev–Trinajstić information content (AvgIpc) is 2.73. The molecule has 0 saturated carbocycles. The first-order valence-corrected chi connectivity index (χ1v) is 10.9. The maximum atomic E-state index is 12.6. The zero-order valence-corrected chi connectivity index (χ0v) is 17.8. The molecule has 1 unspecified atom stereocenters. The van der Waals surface area contributed by atoms with E-state index < -0.39 is 12.0 Å². The van der Waals surface area contributed by atoms with E-state index in [0.29, 0.717) is 16.9 Å². The third-order valence-corrected chi connectivity index (χ3v) is 6.55. The smallest absolute Gasteiger partial charge is 0.329 e. The Hall–Kier alpha value is -2.86. The molecule has 2 aromatic rings. The van der Waals surface area contributed by atoms with Gasteiger partial charge in [-0.1, -0.05) is 44.2 Å². The molecule has 0 bridgehead atoms. The summed E-state index contributed by atoms with van der Waals surface area (Å²) in [5.41, 5.74) is 4.17. The number of ketones is 1. The van der Waals surface area contributed by atoms with Gasteiger partial charge in [-0.05, 0) is 42.5 Å². The number of hydrogen-bond acceptors (Lipinski definition) is 5. The molecule has 1 heterocycles. The molecule has 154 valence electrons. The fourth-order valence-corrected chi connectivity index (χ4v) is 4.98. The van der Waals surface area contributed by atoms with Gasteiger partial charge >= 0.3 is 5.97 Å². The maximum Gasteiger partial charge on any atom is 0.329 e. The van der Waals surface area contributed by atoms with Crippen LogP contribution < -0.4 is 5.32 Å². The summed E-state index contributed by atoms with van der Waals surface area (Å²) in [4.78, 5) is 29.6. The number of rotatable bonds is 5. The summed E-state index contributed by atoms with van der Waals surface area (Å²) in [5, 5.41) is 12.8. The molecule has 0 aromatic heterocycles. The number of nitrogens with one attached hydrogen (secondary N) is 1. The Morgan fingerprint density at radius 3 is 2.37 bits per heavy atom. The molecule has 5 nitrogen and oxygen atoms in total. The first-order valence-electron chi connectivity index (χ1n) is 9.95. The number of aliphatic imine (C=N–C) groups is 1. The minimum absolute atomic E-state index is 0.0000501. The Balaban J connectivity index is 1.58. The predicted octanol–water partition coefficient (Wildman–Crippen LogP) is 5.00. The molecule has 4 rings (SSSR count). The largest absolute Gasteiger partial charge is 0.480 e. The number of nitrogens with zero attached hydrogens (tertiary/aromatic N) is 1. The lowest BCUT2D eigenvalue weighted by Gasteiger charge is -2.36. The lowest BCUT2D eigenvalue weighted by atomic mass is 9.78. The first kappa shape index (κ1) is 20.4. The van der Waals surface area contributed by atoms with Crippen LogP contribution in [0.5, 0.6) is 0 Å². The fourth-order valence-electron chi connectivity index (χ4n) is 3.85. The number of allylic oxidation sites excluding steroid dienone is 2. The van der Waals surface area contributed by atoms with E-state index in [1.807, 2.05) is 54.6 Å². The third kappa shape index (κ3) is 4.33. The van der Waals surface area contributed by atoms with Gasteiger partial charge in [0.25, 0.3) is 0 Å². The minimum Gasteiger partial charge on any atom is -0.480 e. The minimum atomic E-state index is -0.870. The highest BCUT2D eigenvalue weighted by atomic mass is 32.2. The summed E-state index contributed by atoms with van der Waals surface area (Å²) in [5.74, 6) is -0.421. The molecule has 6 heteroatoms. The number of benzene rings is 2. The van der Waals surface area contributed by atoms with Gasteiger partial charge in [-0.2, -0.15) is 0 Å². The zero-order chi connectivity index (χ0) is 21.3. The molecular formula is C24H24N2O3S. The van der Waals surface area contributed by atoms with Gasteiger partial charge in [0.2, 0.25) is 0 Å². The number of hydrogen-bond donors (Lipinski definition) is 2. The van der Waals surface area contributed by atoms with Crippen molar-refractivity contribution in [2.24, 2.45) is 10.4 Å². The standard InChI is InChI=1S/C24H24N2O3S/c1-24(2)12-18(22-19(13-24)26-20(14-30-22)23(28)29)25-17-10-8-16(9-11-17)21(27)15-6-4-3-5-7-15/h3-11,20,25H,12-14H2,1-2H3,(H,28,29). The lowest BCUT2D eigenvalue weighted by Crippen LogP contribution is -2.34. The van der Waals surface area contributed by atoms with E-state index in [0.717, 1.165) is 34.8 Å². The molecule has 1 atom stereocenters. The Morgan fingerprint density at radius 1 is 1.03 bits per heavy atom. The Kier molecular flexibility index (Phi) is 5.52. The molecule has 2 N–H and O–H groups in total. The average molecular weight is 421 g/mol. The van der Waals surface area contributed by atoms with Crippen LogP contribution in [0.15, 0.2) is 70.2 Å². The highest BCUT2D eigenvalue weighted by Crippen LogP contribution is 2.43. The van der Waals surface area contributed by atoms with Crippen LogP contribution in [0.3, 0.4) is 0 Å². The number of carboxylic acid groups (broad SMARTS) is 1.